The molecule has 0 unspecified atom stereocenters. The molecular weight excluding hydrogens is 172 g/mol. The molecule has 13 heavy (non-hydrogen) atoms. The summed E-state index contributed by atoms with van der Waals surface area (Å²) in [7, 11) is 0. The molecule has 0 atom stereocenters. The molecule has 0 spiro atoms. The standard InChI is InChI=1S/C8H6N2O3/c9-7(11)4-2-1-3-5-6(4)13-10-8(5)12/h1-3H,(H2,9,11)(H,10,12). The van der Waals surface area contributed by atoms with Gasteiger partial charge in [-0.3, -0.25) is 9.59 Å². The molecule has 0 aliphatic heterocycles. The van der Waals surface area contributed by atoms with Crippen LogP contribution < -0.4 is 11.3 Å². The molecule has 66 valence electrons. The molecule has 0 fully saturated rings. The van der Waals surface area contributed by atoms with Gasteiger partial charge in [-0.25, -0.2) is 0 Å². The number of hydrogen-bond acceptors (Lipinski definition) is 3. The molecule has 0 saturated carbocycles. The smallest absolute Gasteiger partial charge is 0.287 e. The van der Waals surface area contributed by atoms with Crippen molar-refractivity contribution in [3.63, 3.8) is 0 Å². The zero-order valence-corrected chi connectivity index (χ0v) is 6.53. The predicted molar refractivity (Wildman–Crippen MR) is 45.4 cm³/mol. The molecule has 1 aromatic carbocycles. The quantitative estimate of drug-likeness (QED) is 0.654. The van der Waals surface area contributed by atoms with E-state index in [0.29, 0.717) is 5.39 Å². The van der Waals surface area contributed by atoms with E-state index in [4.69, 9.17) is 10.3 Å². The van der Waals surface area contributed by atoms with Gasteiger partial charge >= 0.3 is 0 Å². The normalized spacial score (nSPS) is 10.5. The van der Waals surface area contributed by atoms with E-state index in [-0.39, 0.29) is 16.7 Å². The molecule has 2 aromatic rings. The van der Waals surface area contributed by atoms with E-state index in [1.807, 2.05) is 0 Å². The number of nitrogens with two attached hydrogens (primary N) is 1. The lowest BCUT2D eigenvalue weighted by molar-refractivity contribution is 0.100. The Morgan fingerprint density at radius 1 is 1.46 bits per heavy atom. The Kier molecular flexibility index (Phi) is 1.45. The number of benzene rings is 1. The molecule has 1 heterocycles. The topological polar surface area (TPSA) is 89.1 Å². The van der Waals surface area contributed by atoms with Gasteiger partial charge < -0.3 is 10.3 Å². The third-order valence-corrected chi connectivity index (χ3v) is 1.77. The van der Waals surface area contributed by atoms with Crippen molar-refractivity contribution in [2.75, 3.05) is 0 Å². The predicted octanol–water partition coefficient (Wildman–Crippen LogP) is 0.220. The van der Waals surface area contributed by atoms with Crippen LogP contribution in [0, 0.1) is 0 Å². The summed E-state index contributed by atoms with van der Waals surface area (Å²) in [6.45, 7) is 0. The van der Waals surface area contributed by atoms with E-state index in [2.05, 4.69) is 5.16 Å². The molecule has 0 radical (unpaired) electrons. The number of amides is 1. The van der Waals surface area contributed by atoms with Gasteiger partial charge in [-0.1, -0.05) is 6.07 Å². The Balaban J connectivity index is 2.92. The Hall–Kier alpha value is -2.04. The number of H-pyrrole nitrogens is 1. The number of fused-ring (bicyclic) bond motifs is 1. The Bertz CT molecular complexity index is 523. The van der Waals surface area contributed by atoms with E-state index in [9.17, 15) is 9.59 Å². The molecule has 5 nitrogen and oxygen atoms in total. The fraction of sp³-hybridized carbons (Fsp3) is 0. The summed E-state index contributed by atoms with van der Waals surface area (Å²) in [5, 5.41) is 2.46. The van der Waals surface area contributed by atoms with Crippen LogP contribution >= 0.6 is 0 Å². The highest BCUT2D eigenvalue weighted by atomic mass is 16.5. The van der Waals surface area contributed by atoms with Gasteiger partial charge in [0.2, 0.25) is 0 Å². The van der Waals surface area contributed by atoms with Crippen LogP contribution in [0.1, 0.15) is 10.4 Å². The molecule has 0 aliphatic carbocycles. The monoisotopic (exact) mass is 178 g/mol. The van der Waals surface area contributed by atoms with Gasteiger partial charge in [0.15, 0.2) is 5.58 Å². The highest BCUT2D eigenvalue weighted by molar-refractivity contribution is 6.03. The van der Waals surface area contributed by atoms with Crippen LogP contribution in [0.2, 0.25) is 0 Å². The first-order chi connectivity index (χ1) is 6.20. The van der Waals surface area contributed by atoms with Crippen LogP contribution in [0.15, 0.2) is 27.5 Å². The molecule has 1 aromatic heterocycles. The van der Waals surface area contributed by atoms with Gasteiger partial charge in [-0.05, 0) is 12.1 Å². The zero-order valence-electron chi connectivity index (χ0n) is 6.53. The maximum Gasteiger partial charge on any atom is 0.287 e. The van der Waals surface area contributed by atoms with Crippen molar-refractivity contribution in [1.29, 1.82) is 0 Å². The minimum absolute atomic E-state index is 0.204. The molecule has 2 rings (SSSR count). The molecule has 0 saturated heterocycles. The Morgan fingerprint density at radius 3 is 2.92 bits per heavy atom. The van der Waals surface area contributed by atoms with Gasteiger partial charge in [0.1, 0.15) is 0 Å². The summed E-state index contributed by atoms with van der Waals surface area (Å²) in [6.07, 6.45) is 0. The van der Waals surface area contributed by atoms with Crippen LogP contribution in [0.5, 0.6) is 0 Å². The molecule has 1 amide bonds. The second kappa shape index (κ2) is 2.48. The lowest BCUT2D eigenvalue weighted by atomic mass is 10.1. The van der Waals surface area contributed by atoms with Crippen molar-refractivity contribution in [2.45, 2.75) is 0 Å². The molecular formula is C8H6N2O3. The summed E-state index contributed by atoms with van der Waals surface area (Å²) in [5.41, 5.74) is 5.12. The number of carbonyl (C=O) groups excluding carboxylic acids is 1. The summed E-state index contributed by atoms with van der Waals surface area (Å²) in [4.78, 5) is 21.9. The first-order valence-corrected chi connectivity index (χ1v) is 3.60. The summed E-state index contributed by atoms with van der Waals surface area (Å²) in [5.74, 6) is -0.617. The highest BCUT2D eigenvalue weighted by Crippen LogP contribution is 2.13. The van der Waals surface area contributed by atoms with Crippen molar-refractivity contribution >= 4 is 16.9 Å². The van der Waals surface area contributed by atoms with E-state index in [1.54, 1.807) is 12.1 Å². The average molecular weight is 178 g/mol. The van der Waals surface area contributed by atoms with Crippen molar-refractivity contribution < 1.29 is 9.32 Å². The van der Waals surface area contributed by atoms with Gasteiger partial charge in [0.25, 0.3) is 11.5 Å². The SMILES string of the molecule is NC(=O)c1cccc2c(=O)[nH]oc12. The summed E-state index contributed by atoms with van der Waals surface area (Å²) >= 11 is 0. The van der Waals surface area contributed by atoms with Crippen LogP contribution in [-0.2, 0) is 0 Å². The lowest BCUT2D eigenvalue weighted by Crippen LogP contribution is -2.11. The van der Waals surface area contributed by atoms with Crippen molar-refractivity contribution in [2.24, 2.45) is 5.73 Å². The van der Waals surface area contributed by atoms with E-state index < -0.39 is 5.91 Å². The fourth-order valence-corrected chi connectivity index (χ4v) is 1.17. The fourth-order valence-electron chi connectivity index (χ4n) is 1.17. The van der Waals surface area contributed by atoms with Crippen LogP contribution in [0.25, 0.3) is 11.0 Å². The lowest BCUT2D eigenvalue weighted by Gasteiger charge is -1.92. The van der Waals surface area contributed by atoms with Gasteiger partial charge in [-0.2, -0.15) is 5.16 Å². The number of carbonyl (C=O) groups is 1. The van der Waals surface area contributed by atoms with Crippen LogP contribution in [0.4, 0.5) is 0 Å². The van der Waals surface area contributed by atoms with Crippen LogP contribution in [0.3, 0.4) is 0 Å². The molecule has 0 aliphatic rings. The zero-order chi connectivity index (χ0) is 9.42. The average Bonchev–Trinajstić information content (AvgIpc) is 2.48. The van der Waals surface area contributed by atoms with E-state index >= 15 is 0 Å². The number of hydrogen-bond donors (Lipinski definition) is 2. The van der Waals surface area contributed by atoms with E-state index in [0.717, 1.165) is 0 Å². The van der Waals surface area contributed by atoms with Crippen molar-refractivity contribution in [1.82, 2.24) is 5.16 Å². The second-order valence-electron chi connectivity index (χ2n) is 2.58. The number of nitrogens with one attached hydrogen (secondary N) is 1. The highest BCUT2D eigenvalue weighted by Gasteiger charge is 2.11. The number of aromatic nitrogens is 1. The number of aromatic amines is 1. The van der Waals surface area contributed by atoms with Crippen molar-refractivity contribution in [3.05, 3.63) is 34.1 Å². The van der Waals surface area contributed by atoms with Gasteiger partial charge in [-0.15, -0.1) is 0 Å². The third kappa shape index (κ3) is 1.01. The largest absolute Gasteiger partial charge is 0.378 e. The number of para-hydroxylation sites is 1. The van der Waals surface area contributed by atoms with E-state index in [1.165, 1.54) is 6.07 Å². The molecule has 3 N–H and O–H groups in total. The minimum Gasteiger partial charge on any atom is -0.378 e. The van der Waals surface area contributed by atoms with Gasteiger partial charge in [0, 0.05) is 0 Å². The maximum atomic E-state index is 11.1. The summed E-state index contributed by atoms with van der Waals surface area (Å²) in [6, 6.07) is 4.64. The van der Waals surface area contributed by atoms with Gasteiger partial charge in [0.05, 0.1) is 10.9 Å². The first kappa shape index (κ1) is 7.60. The minimum atomic E-state index is -0.617. The molecule has 5 heteroatoms. The third-order valence-electron chi connectivity index (χ3n) is 1.77. The number of rotatable bonds is 1. The molecule has 0 bridgehead atoms. The number of primary amides is 1. The summed E-state index contributed by atoms with van der Waals surface area (Å²) < 4.78 is 4.80. The first-order valence-electron chi connectivity index (χ1n) is 3.60. The van der Waals surface area contributed by atoms with Crippen molar-refractivity contribution in [3.8, 4) is 0 Å². The van der Waals surface area contributed by atoms with Crippen LogP contribution in [-0.4, -0.2) is 11.1 Å². The Morgan fingerprint density at radius 2 is 2.23 bits per heavy atom. The maximum absolute atomic E-state index is 11.1. The second-order valence-corrected chi connectivity index (χ2v) is 2.58. The Labute approximate surface area is 72.1 Å².